The fourth-order valence-corrected chi connectivity index (χ4v) is 2.53. The summed E-state index contributed by atoms with van der Waals surface area (Å²) in [7, 11) is 1.74. The number of aromatic nitrogens is 2. The van der Waals surface area contributed by atoms with Crippen molar-refractivity contribution in [3.05, 3.63) is 48.0 Å². The first-order chi connectivity index (χ1) is 11.7. The fraction of sp³-hybridized carbons (Fsp3) is 0.333. The minimum atomic E-state index is -0.935. The normalized spacial score (nSPS) is 11.2. The molecule has 0 atom stereocenters. The van der Waals surface area contributed by atoms with Gasteiger partial charge in [-0.3, -0.25) is 14.4 Å². The molecule has 2 rings (SSSR count). The zero-order valence-corrected chi connectivity index (χ0v) is 14.4. The Bertz CT molecular complexity index is 791. The van der Waals surface area contributed by atoms with Crippen LogP contribution < -0.4 is 5.32 Å². The number of carbonyl (C=O) groups is 3. The van der Waals surface area contributed by atoms with Crippen LogP contribution in [0.3, 0.4) is 0 Å². The average Bonchev–Trinajstić information content (AvgIpc) is 2.91. The van der Waals surface area contributed by atoms with Gasteiger partial charge < -0.3 is 15.0 Å². The topological polar surface area (TPSA) is 101 Å². The molecule has 0 saturated heterocycles. The van der Waals surface area contributed by atoms with E-state index < -0.39 is 11.4 Å². The third kappa shape index (κ3) is 5.00. The molecular formula is C18H21N3O4. The number of carbonyl (C=O) groups excluding carboxylic acids is 2. The molecule has 0 fully saturated rings. The van der Waals surface area contributed by atoms with Crippen molar-refractivity contribution < 1.29 is 19.5 Å². The van der Waals surface area contributed by atoms with Crippen LogP contribution in [0, 0.1) is 5.41 Å². The monoisotopic (exact) mass is 343 g/mol. The van der Waals surface area contributed by atoms with Crippen molar-refractivity contribution >= 4 is 23.3 Å². The number of nitrogens with one attached hydrogen (secondary N) is 1. The molecule has 132 valence electrons. The molecule has 0 radical (unpaired) electrons. The van der Waals surface area contributed by atoms with Gasteiger partial charge in [-0.25, -0.2) is 4.98 Å². The van der Waals surface area contributed by atoms with Crippen LogP contribution in [-0.4, -0.2) is 32.3 Å². The van der Waals surface area contributed by atoms with Crippen molar-refractivity contribution in [2.75, 3.05) is 5.32 Å². The number of carboxylic acids is 1. The van der Waals surface area contributed by atoms with Gasteiger partial charge in [-0.15, -0.1) is 0 Å². The van der Waals surface area contributed by atoms with Gasteiger partial charge in [0.05, 0.1) is 6.42 Å². The van der Waals surface area contributed by atoms with Crippen molar-refractivity contribution in [1.29, 1.82) is 0 Å². The van der Waals surface area contributed by atoms with Crippen LogP contribution in [0.2, 0.25) is 0 Å². The van der Waals surface area contributed by atoms with Crippen molar-refractivity contribution in [2.45, 2.75) is 26.7 Å². The number of ketones is 1. The largest absolute Gasteiger partial charge is 0.481 e. The molecule has 25 heavy (non-hydrogen) atoms. The van der Waals surface area contributed by atoms with E-state index in [1.165, 1.54) is 0 Å². The number of rotatable bonds is 7. The molecule has 2 aromatic rings. The molecule has 7 nitrogen and oxygen atoms in total. The molecule has 0 aliphatic rings. The number of aliphatic carboxylic acids is 1. The molecule has 1 aromatic carbocycles. The lowest BCUT2D eigenvalue weighted by Gasteiger charge is -2.21. The zero-order valence-electron chi connectivity index (χ0n) is 14.4. The molecule has 0 saturated carbocycles. The molecule has 2 N–H and O–H groups in total. The summed E-state index contributed by atoms with van der Waals surface area (Å²) in [4.78, 5) is 39.2. The summed E-state index contributed by atoms with van der Waals surface area (Å²) >= 11 is 0. The Morgan fingerprint density at radius 3 is 2.32 bits per heavy atom. The number of hydrogen-bond acceptors (Lipinski definition) is 4. The highest BCUT2D eigenvalue weighted by Gasteiger charge is 2.25. The van der Waals surface area contributed by atoms with E-state index in [-0.39, 0.29) is 24.5 Å². The van der Waals surface area contributed by atoms with Gasteiger partial charge in [0.15, 0.2) is 5.82 Å². The summed E-state index contributed by atoms with van der Waals surface area (Å²) in [6.07, 6.45) is 3.26. The molecule has 0 bridgehead atoms. The van der Waals surface area contributed by atoms with Crippen molar-refractivity contribution in [2.24, 2.45) is 12.5 Å². The average molecular weight is 343 g/mol. The first-order valence-corrected chi connectivity index (χ1v) is 7.82. The number of aryl methyl sites for hydroxylation is 1. The molecular weight excluding hydrogens is 322 g/mol. The molecule has 1 heterocycles. The van der Waals surface area contributed by atoms with E-state index in [9.17, 15) is 14.4 Å². The summed E-state index contributed by atoms with van der Waals surface area (Å²) in [6.45, 7) is 3.46. The van der Waals surface area contributed by atoms with Gasteiger partial charge >= 0.3 is 5.97 Å². The second kappa shape index (κ2) is 7.29. The van der Waals surface area contributed by atoms with Crippen LogP contribution in [0.15, 0.2) is 36.7 Å². The maximum Gasteiger partial charge on any atom is 0.303 e. The first-order valence-electron chi connectivity index (χ1n) is 7.82. The van der Waals surface area contributed by atoms with E-state index in [4.69, 9.17) is 5.11 Å². The maximum absolute atomic E-state index is 12.3. The highest BCUT2D eigenvalue weighted by Crippen LogP contribution is 2.25. The Balaban J connectivity index is 2.01. The fourth-order valence-electron chi connectivity index (χ4n) is 2.53. The second-order valence-corrected chi connectivity index (χ2v) is 6.73. The van der Waals surface area contributed by atoms with Gasteiger partial charge in [0, 0.05) is 37.1 Å². The number of imidazole rings is 1. The molecule has 0 aliphatic carbocycles. The van der Waals surface area contributed by atoms with E-state index in [1.54, 1.807) is 62.1 Å². The number of anilines is 1. The second-order valence-electron chi connectivity index (χ2n) is 6.73. The van der Waals surface area contributed by atoms with E-state index in [0.29, 0.717) is 17.1 Å². The predicted molar refractivity (Wildman–Crippen MR) is 92.4 cm³/mol. The molecule has 7 heteroatoms. The van der Waals surface area contributed by atoms with Crippen molar-refractivity contribution in [3.8, 4) is 0 Å². The Morgan fingerprint density at radius 1 is 1.16 bits per heavy atom. The lowest BCUT2D eigenvalue weighted by Crippen LogP contribution is -2.24. The lowest BCUT2D eigenvalue weighted by atomic mass is 9.85. The highest BCUT2D eigenvalue weighted by molar-refractivity contribution is 6.07. The SMILES string of the molecule is Cn1ccnc1C(=O)c1ccc(NC(=O)CC(C)(C)CC(=O)O)cc1. The quantitative estimate of drug-likeness (QED) is 0.752. The summed E-state index contributed by atoms with van der Waals surface area (Å²) in [6, 6.07) is 6.51. The van der Waals surface area contributed by atoms with E-state index in [2.05, 4.69) is 10.3 Å². The van der Waals surface area contributed by atoms with Gasteiger partial charge in [-0.1, -0.05) is 13.8 Å². The number of amides is 1. The Hall–Kier alpha value is -2.96. The number of benzene rings is 1. The van der Waals surface area contributed by atoms with Crippen LogP contribution in [0.5, 0.6) is 0 Å². The van der Waals surface area contributed by atoms with Gasteiger partial charge in [-0.2, -0.15) is 0 Å². The van der Waals surface area contributed by atoms with Gasteiger partial charge in [0.25, 0.3) is 0 Å². The first kappa shape index (κ1) is 18.4. The van der Waals surface area contributed by atoms with Crippen LogP contribution in [0.4, 0.5) is 5.69 Å². The summed E-state index contributed by atoms with van der Waals surface area (Å²) in [5.74, 6) is -1.07. The highest BCUT2D eigenvalue weighted by atomic mass is 16.4. The number of nitrogens with zero attached hydrogens (tertiary/aromatic N) is 2. The van der Waals surface area contributed by atoms with Crippen LogP contribution in [0.1, 0.15) is 42.9 Å². The van der Waals surface area contributed by atoms with Gasteiger partial charge in [0.1, 0.15) is 0 Å². The smallest absolute Gasteiger partial charge is 0.303 e. The van der Waals surface area contributed by atoms with E-state index >= 15 is 0 Å². The van der Waals surface area contributed by atoms with Gasteiger partial charge in [-0.05, 0) is 29.7 Å². The van der Waals surface area contributed by atoms with E-state index in [0.717, 1.165) is 0 Å². The molecule has 1 aromatic heterocycles. The minimum absolute atomic E-state index is 0.0858. The van der Waals surface area contributed by atoms with Crippen LogP contribution in [0.25, 0.3) is 0 Å². The molecule has 0 spiro atoms. The van der Waals surface area contributed by atoms with Crippen LogP contribution >= 0.6 is 0 Å². The summed E-state index contributed by atoms with van der Waals surface area (Å²) in [5, 5.41) is 11.6. The van der Waals surface area contributed by atoms with Crippen LogP contribution in [-0.2, 0) is 16.6 Å². The third-order valence-corrected chi connectivity index (χ3v) is 3.72. The Kier molecular flexibility index (Phi) is 5.36. The predicted octanol–water partition coefficient (Wildman–Crippen LogP) is 2.48. The minimum Gasteiger partial charge on any atom is -0.481 e. The maximum atomic E-state index is 12.3. The third-order valence-electron chi connectivity index (χ3n) is 3.72. The Morgan fingerprint density at radius 2 is 1.80 bits per heavy atom. The lowest BCUT2D eigenvalue weighted by molar-refractivity contribution is -0.139. The van der Waals surface area contributed by atoms with Crippen molar-refractivity contribution in [1.82, 2.24) is 9.55 Å². The van der Waals surface area contributed by atoms with E-state index in [1.807, 2.05) is 0 Å². The molecule has 0 aliphatic heterocycles. The zero-order chi connectivity index (χ0) is 18.6. The Labute approximate surface area is 145 Å². The number of hydrogen-bond donors (Lipinski definition) is 2. The van der Waals surface area contributed by atoms with Crippen molar-refractivity contribution in [3.63, 3.8) is 0 Å². The van der Waals surface area contributed by atoms with Gasteiger partial charge in [0.2, 0.25) is 11.7 Å². The number of carboxylic acid groups (broad SMARTS) is 1. The molecule has 0 unspecified atom stereocenters. The molecule has 1 amide bonds. The standard InChI is InChI=1S/C18H21N3O4/c1-18(2,11-15(23)24)10-14(22)20-13-6-4-12(5-7-13)16(25)17-19-8-9-21(17)3/h4-9H,10-11H2,1-3H3,(H,20,22)(H,23,24). The summed E-state index contributed by atoms with van der Waals surface area (Å²) < 4.78 is 1.64. The summed E-state index contributed by atoms with van der Waals surface area (Å²) in [5.41, 5.74) is 0.385.